The summed E-state index contributed by atoms with van der Waals surface area (Å²) in [5.41, 5.74) is 1.17. The molecular weight excluding hydrogens is 373 g/mol. The van der Waals surface area contributed by atoms with Gasteiger partial charge in [0.25, 0.3) is 5.91 Å². The topological polar surface area (TPSA) is 60.2 Å². The van der Waals surface area contributed by atoms with Crippen LogP contribution in [-0.2, 0) is 13.2 Å². The summed E-state index contributed by atoms with van der Waals surface area (Å²) in [6, 6.07) is 2.18. The molecule has 6 nitrogen and oxygen atoms in total. The molecule has 28 heavy (non-hydrogen) atoms. The Morgan fingerprint density at radius 3 is 2.75 bits per heavy atom. The number of aryl methyl sites for hydroxylation is 2. The molecule has 0 spiro atoms. The molecule has 0 aromatic carbocycles. The Morgan fingerprint density at radius 1 is 1.36 bits per heavy atom. The first kappa shape index (κ1) is 20.2. The molecule has 1 saturated heterocycles. The molecule has 3 rings (SSSR count). The Hall–Kier alpha value is -2.58. The SMILES string of the molecule is Cc1nn(C)c(C)c1C(=O)N1CCCC(COc2ncccc2C(F)(F)F)C1. The molecule has 0 bridgehead atoms. The minimum Gasteiger partial charge on any atom is -0.477 e. The molecule has 2 aromatic rings. The molecule has 1 amide bonds. The summed E-state index contributed by atoms with van der Waals surface area (Å²) in [5.74, 6) is -0.572. The highest BCUT2D eigenvalue weighted by atomic mass is 19.4. The van der Waals surface area contributed by atoms with Gasteiger partial charge in [-0.25, -0.2) is 4.98 Å². The predicted octanol–water partition coefficient (Wildman–Crippen LogP) is 3.38. The summed E-state index contributed by atoms with van der Waals surface area (Å²) >= 11 is 0. The molecule has 0 N–H and O–H groups in total. The second-order valence-corrected chi connectivity index (χ2v) is 7.09. The van der Waals surface area contributed by atoms with E-state index in [0.717, 1.165) is 24.6 Å². The molecule has 1 atom stereocenters. The minimum absolute atomic E-state index is 0.0573. The molecule has 9 heteroatoms. The van der Waals surface area contributed by atoms with E-state index in [-0.39, 0.29) is 18.4 Å². The number of carbonyl (C=O) groups is 1. The van der Waals surface area contributed by atoms with Gasteiger partial charge in [0.05, 0.1) is 17.9 Å². The summed E-state index contributed by atoms with van der Waals surface area (Å²) in [7, 11) is 1.79. The van der Waals surface area contributed by atoms with Crippen LogP contribution in [0.4, 0.5) is 13.2 Å². The summed E-state index contributed by atoms with van der Waals surface area (Å²) in [6.45, 7) is 4.76. The van der Waals surface area contributed by atoms with Gasteiger partial charge in [-0.05, 0) is 38.8 Å². The van der Waals surface area contributed by atoms with Crippen LogP contribution < -0.4 is 4.74 Å². The Bertz CT molecular complexity index is 863. The third-order valence-corrected chi connectivity index (χ3v) is 5.06. The van der Waals surface area contributed by atoms with Gasteiger partial charge in [0.2, 0.25) is 5.88 Å². The zero-order valence-electron chi connectivity index (χ0n) is 16.1. The third-order valence-electron chi connectivity index (χ3n) is 5.06. The van der Waals surface area contributed by atoms with Crippen LogP contribution in [0.2, 0.25) is 0 Å². The summed E-state index contributed by atoms with van der Waals surface area (Å²) in [4.78, 5) is 18.4. The summed E-state index contributed by atoms with van der Waals surface area (Å²) in [5, 5.41) is 4.28. The number of halogens is 3. The second-order valence-electron chi connectivity index (χ2n) is 7.09. The number of nitrogens with zero attached hydrogens (tertiary/aromatic N) is 4. The number of rotatable bonds is 4. The number of ether oxygens (including phenoxy) is 1. The smallest absolute Gasteiger partial charge is 0.421 e. The number of aromatic nitrogens is 3. The van der Waals surface area contributed by atoms with Crippen molar-refractivity contribution < 1.29 is 22.7 Å². The summed E-state index contributed by atoms with van der Waals surface area (Å²) < 4.78 is 46.3. The van der Waals surface area contributed by atoms with E-state index >= 15 is 0 Å². The second kappa shape index (κ2) is 7.81. The van der Waals surface area contributed by atoms with E-state index in [1.165, 1.54) is 12.3 Å². The van der Waals surface area contributed by atoms with Gasteiger partial charge in [-0.2, -0.15) is 18.3 Å². The van der Waals surface area contributed by atoms with E-state index in [1.807, 2.05) is 6.92 Å². The van der Waals surface area contributed by atoms with Gasteiger partial charge in [-0.3, -0.25) is 9.48 Å². The highest BCUT2D eigenvalue weighted by molar-refractivity contribution is 5.96. The maximum absolute atomic E-state index is 13.1. The lowest BCUT2D eigenvalue weighted by atomic mass is 9.98. The molecule has 0 saturated carbocycles. The van der Waals surface area contributed by atoms with E-state index in [1.54, 1.807) is 23.6 Å². The van der Waals surface area contributed by atoms with E-state index < -0.39 is 17.6 Å². The molecule has 0 radical (unpaired) electrons. The van der Waals surface area contributed by atoms with Crippen LogP contribution >= 0.6 is 0 Å². The van der Waals surface area contributed by atoms with Crippen LogP contribution in [0.3, 0.4) is 0 Å². The molecule has 1 unspecified atom stereocenters. The van der Waals surface area contributed by atoms with Crippen LogP contribution in [-0.4, -0.2) is 45.3 Å². The van der Waals surface area contributed by atoms with Crippen molar-refractivity contribution in [3.05, 3.63) is 40.8 Å². The van der Waals surface area contributed by atoms with Gasteiger partial charge >= 0.3 is 6.18 Å². The van der Waals surface area contributed by atoms with Crippen molar-refractivity contribution in [2.24, 2.45) is 13.0 Å². The van der Waals surface area contributed by atoms with Crippen molar-refractivity contribution in [2.45, 2.75) is 32.9 Å². The van der Waals surface area contributed by atoms with E-state index in [0.29, 0.717) is 24.3 Å². The first-order chi connectivity index (χ1) is 13.2. The van der Waals surface area contributed by atoms with Crippen molar-refractivity contribution >= 4 is 5.91 Å². The zero-order chi connectivity index (χ0) is 20.5. The van der Waals surface area contributed by atoms with Gasteiger partial charge in [0, 0.05) is 37.9 Å². The van der Waals surface area contributed by atoms with E-state index in [9.17, 15) is 18.0 Å². The van der Waals surface area contributed by atoms with Crippen LogP contribution in [0.15, 0.2) is 18.3 Å². The van der Waals surface area contributed by atoms with Crippen LogP contribution in [0.1, 0.15) is 40.2 Å². The largest absolute Gasteiger partial charge is 0.477 e. The maximum Gasteiger partial charge on any atom is 0.421 e. The number of pyridine rings is 1. The first-order valence-corrected chi connectivity index (χ1v) is 9.13. The molecule has 2 aromatic heterocycles. The molecule has 152 valence electrons. The summed E-state index contributed by atoms with van der Waals surface area (Å²) in [6.07, 6.45) is -1.70. The fraction of sp³-hybridized carbons (Fsp3) is 0.526. The molecule has 1 aliphatic heterocycles. The number of hydrogen-bond donors (Lipinski definition) is 0. The van der Waals surface area contributed by atoms with Crippen molar-refractivity contribution in [3.63, 3.8) is 0 Å². The number of amides is 1. The van der Waals surface area contributed by atoms with Crippen molar-refractivity contribution in [2.75, 3.05) is 19.7 Å². The highest BCUT2D eigenvalue weighted by Gasteiger charge is 2.35. The number of piperidine rings is 1. The number of alkyl halides is 3. The number of likely N-dealkylation sites (tertiary alicyclic amines) is 1. The quantitative estimate of drug-likeness (QED) is 0.795. The number of hydrogen-bond acceptors (Lipinski definition) is 4. The molecule has 0 aliphatic carbocycles. The molecule has 1 fully saturated rings. The Morgan fingerprint density at radius 2 is 2.11 bits per heavy atom. The molecular formula is C19H23F3N4O2. The Kier molecular flexibility index (Phi) is 5.62. The lowest BCUT2D eigenvalue weighted by molar-refractivity contribution is -0.139. The fourth-order valence-electron chi connectivity index (χ4n) is 3.55. The van der Waals surface area contributed by atoms with E-state index in [2.05, 4.69) is 10.1 Å². The monoisotopic (exact) mass is 396 g/mol. The lowest BCUT2D eigenvalue weighted by Gasteiger charge is -2.32. The normalized spacial score (nSPS) is 17.6. The lowest BCUT2D eigenvalue weighted by Crippen LogP contribution is -2.42. The van der Waals surface area contributed by atoms with Crippen molar-refractivity contribution in [1.82, 2.24) is 19.7 Å². The fourth-order valence-corrected chi connectivity index (χ4v) is 3.55. The molecule has 3 heterocycles. The van der Waals surface area contributed by atoms with Crippen LogP contribution in [0.25, 0.3) is 0 Å². The number of carbonyl (C=O) groups excluding carboxylic acids is 1. The standard InChI is InChI=1S/C19H23F3N4O2/c1-12-16(13(2)25(3)24-12)18(27)26-9-5-6-14(10-26)11-28-17-15(19(20,21)22)7-4-8-23-17/h4,7-8,14H,5-6,9-11H2,1-3H3. The van der Waals surface area contributed by atoms with Gasteiger partial charge in [-0.15, -0.1) is 0 Å². The third kappa shape index (κ3) is 4.13. The Balaban J connectivity index is 1.67. The Labute approximate surface area is 161 Å². The predicted molar refractivity (Wildman–Crippen MR) is 96.0 cm³/mol. The van der Waals surface area contributed by atoms with E-state index in [4.69, 9.17) is 4.74 Å². The van der Waals surface area contributed by atoms with Crippen molar-refractivity contribution in [3.8, 4) is 5.88 Å². The maximum atomic E-state index is 13.1. The van der Waals surface area contributed by atoms with Crippen LogP contribution in [0, 0.1) is 19.8 Å². The van der Waals surface area contributed by atoms with Gasteiger partial charge in [0.15, 0.2) is 0 Å². The first-order valence-electron chi connectivity index (χ1n) is 9.13. The van der Waals surface area contributed by atoms with Crippen molar-refractivity contribution in [1.29, 1.82) is 0 Å². The zero-order valence-corrected chi connectivity index (χ0v) is 16.1. The van der Waals surface area contributed by atoms with Gasteiger partial charge < -0.3 is 9.64 Å². The van der Waals surface area contributed by atoms with Crippen LogP contribution in [0.5, 0.6) is 5.88 Å². The average molecular weight is 396 g/mol. The highest BCUT2D eigenvalue weighted by Crippen LogP contribution is 2.35. The molecule has 1 aliphatic rings. The van der Waals surface area contributed by atoms with Gasteiger partial charge in [-0.1, -0.05) is 0 Å². The average Bonchev–Trinajstić information content (AvgIpc) is 2.91. The minimum atomic E-state index is -4.52. The van der Waals surface area contributed by atoms with Gasteiger partial charge in [0.1, 0.15) is 5.56 Å².